The van der Waals surface area contributed by atoms with Crippen LogP contribution in [-0.4, -0.2) is 43.8 Å². The van der Waals surface area contributed by atoms with Crippen LogP contribution in [0.2, 0.25) is 0 Å². The van der Waals surface area contributed by atoms with Crippen LogP contribution in [0.15, 0.2) is 21.2 Å². The number of sulfone groups is 1. The zero-order valence-corrected chi connectivity index (χ0v) is 11.6. The molecule has 1 atom stereocenters. The summed E-state index contributed by atoms with van der Waals surface area (Å²) in [6.07, 6.45) is 0.493. The third-order valence-corrected chi connectivity index (χ3v) is 5.04. The molecule has 1 aromatic rings. The number of rotatable bonds is 2. The van der Waals surface area contributed by atoms with Crippen LogP contribution >= 0.6 is 15.9 Å². The largest absolute Gasteiger partial charge is 0.444 e. The highest BCUT2D eigenvalue weighted by atomic mass is 79.9. The van der Waals surface area contributed by atoms with Crippen molar-refractivity contribution >= 4 is 31.7 Å². The molecule has 0 aliphatic carbocycles. The fraction of sp³-hybridized carbons (Fsp3) is 0.500. The molecule has 1 saturated heterocycles. The molecule has 2 rings (SSSR count). The molecule has 2 heterocycles. The number of amides is 1. The fourth-order valence-corrected chi connectivity index (χ4v) is 3.93. The summed E-state index contributed by atoms with van der Waals surface area (Å²) in [5.74, 6) is 0.107. The van der Waals surface area contributed by atoms with E-state index in [0.29, 0.717) is 11.1 Å². The van der Waals surface area contributed by atoms with Gasteiger partial charge in [0, 0.05) is 13.1 Å². The smallest absolute Gasteiger partial charge is 0.289 e. The van der Waals surface area contributed by atoms with Crippen LogP contribution < -0.4 is 0 Å². The van der Waals surface area contributed by atoms with Gasteiger partial charge in [0.15, 0.2) is 20.3 Å². The van der Waals surface area contributed by atoms with Gasteiger partial charge < -0.3 is 9.32 Å². The van der Waals surface area contributed by atoms with Crippen molar-refractivity contribution in [2.45, 2.75) is 12.5 Å². The standard InChI is InChI=1S/C10H12BrNO4S/c1-12(7-4-5-17(14,15)6-7)10(13)8-2-3-9(11)16-8/h2-3,7H,4-6H2,1H3/t7-/m0/s1. The molecule has 0 bridgehead atoms. The molecule has 0 saturated carbocycles. The van der Waals surface area contributed by atoms with Gasteiger partial charge in [-0.05, 0) is 34.5 Å². The summed E-state index contributed by atoms with van der Waals surface area (Å²) in [5.41, 5.74) is 0. The third kappa shape index (κ3) is 2.71. The number of hydrogen-bond acceptors (Lipinski definition) is 4. The van der Waals surface area contributed by atoms with Gasteiger partial charge in [-0.3, -0.25) is 4.79 Å². The monoisotopic (exact) mass is 321 g/mol. The minimum atomic E-state index is -2.98. The number of nitrogens with zero attached hydrogens (tertiary/aromatic N) is 1. The normalized spacial score (nSPS) is 22.6. The minimum Gasteiger partial charge on any atom is -0.444 e. The van der Waals surface area contributed by atoms with Gasteiger partial charge in [0.05, 0.1) is 11.5 Å². The summed E-state index contributed by atoms with van der Waals surface area (Å²) in [5, 5.41) is 0. The molecule has 0 spiro atoms. The third-order valence-electron chi connectivity index (χ3n) is 2.86. The molecular weight excluding hydrogens is 310 g/mol. The molecule has 94 valence electrons. The van der Waals surface area contributed by atoms with E-state index in [9.17, 15) is 13.2 Å². The van der Waals surface area contributed by atoms with E-state index < -0.39 is 9.84 Å². The van der Waals surface area contributed by atoms with E-state index in [0.717, 1.165) is 0 Å². The molecule has 1 aromatic heterocycles. The van der Waals surface area contributed by atoms with E-state index in [1.54, 1.807) is 19.2 Å². The average molecular weight is 322 g/mol. The molecule has 17 heavy (non-hydrogen) atoms. The number of carbonyl (C=O) groups excluding carboxylic acids is 1. The highest BCUT2D eigenvalue weighted by Gasteiger charge is 2.33. The second kappa shape index (κ2) is 4.45. The van der Waals surface area contributed by atoms with E-state index in [2.05, 4.69) is 15.9 Å². The molecule has 1 amide bonds. The van der Waals surface area contributed by atoms with Crippen LogP contribution in [0.25, 0.3) is 0 Å². The number of hydrogen-bond donors (Lipinski definition) is 0. The Bertz CT molecular complexity index is 536. The van der Waals surface area contributed by atoms with Crippen molar-refractivity contribution in [3.8, 4) is 0 Å². The zero-order chi connectivity index (χ0) is 12.6. The van der Waals surface area contributed by atoms with E-state index in [1.807, 2.05) is 0 Å². The van der Waals surface area contributed by atoms with Crippen LogP contribution in [0.4, 0.5) is 0 Å². The summed E-state index contributed by atoms with van der Waals surface area (Å²) in [7, 11) is -1.38. The predicted octanol–water partition coefficient (Wildman–Crippen LogP) is 1.30. The topological polar surface area (TPSA) is 67.6 Å². The first-order valence-corrected chi connectivity index (χ1v) is 7.73. The van der Waals surface area contributed by atoms with Gasteiger partial charge in [0.1, 0.15) is 0 Å². The highest BCUT2D eigenvalue weighted by molar-refractivity contribution is 9.10. The van der Waals surface area contributed by atoms with Gasteiger partial charge in [-0.1, -0.05) is 0 Å². The van der Waals surface area contributed by atoms with Crippen molar-refractivity contribution in [1.29, 1.82) is 0 Å². The molecule has 7 heteroatoms. The molecule has 5 nitrogen and oxygen atoms in total. The van der Waals surface area contributed by atoms with Crippen LogP contribution in [0.3, 0.4) is 0 Å². The first-order valence-electron chi connectivity index (χ1n) is 5.12. The average Bonchev–Trinajstić information content (AvgIpc) is 2.82. The molecule has 0 N–H and O–H groups in total. The van der Waals surface area contributed by atoms with E-state index in [1.165, 1.54) is 4.90 Å². The second-order valence-electron chi connectivity index (χ2n) is 4.08. The van der Waals surface area contributed by atoms with Crippen molar-refractivity contribution in [1.82, 2.24) is 4.90 Å². The number of carbonyl (C=O) groups is 1. The molecule has 0 aromatic carbocycles. The summed E-state index contributed by atoms with van der Waals surface area (Å²) in [6.45, 7) is 0. The van der Waals surface area contributed by atoms with Crippen molar-refractivity contribution in [2.24, 2.45) is 0 Å². The Balaban J connectivity index is 2.11. The van der Waals surface area contributed by atoms with Crippen LogP contribution in [-0.2, 0) is 9.84 Å². The molecule has 1 aliphatic heterocycles. The van der Waals surface area contributed by atoms with Crippen molar-refractivity contribution < 1.29 is 17.6 Å². The van der Waals surface area contributed by atoms with E-state index >= 15 is 0 Å². The Morgan fingerprint density at radius 3 is 2.71 bits per heavy atom. The SMILES string of the molecule is CN(C(=O)c1ccc(Br)o1)[C@H]1CCS(=O)(=O)C1. The lowest BCUT2D eigenvalue weighted by Gasteiger charge is -2.22. The zero-order valence-electron chi connectivity index (χ0n) is 9.22. The Kier molecular flexibility index (Phi) is 3.31. The van der Waals surface area contributed by atoms with Gasteiger partial charge in [-0.25, -0.2) is 8.42 Å². The van der Waals surface area contributed by atoms with E-state index in [-0.39, 0.29) is 29.2 Å². The second-order valence-corrected chi connectivity index (χ2v) is 7.09. The maximum absolute atomic E-state index is 12.0. The first-order chi connectivity index (χ1) is 7.89. The molecule has 1 aliphatic rings. The predicted molar refractivity (Wildman–Crippen MR) is 65.6 cm³/mol. The fourth-order valence-electron chi connectivity index (χ4n) is 1.85. The van der Waals surface area contributed by atoms with Crippen molar-refractivity contribution in [3.05, 3.63) is 22.6 Å². The summed E-state index contributed by atoms with van der Waals surface area (Å²) in [6, 6.07) is 2.94. The summed E-state index contributed by atoms with van der Waals surface area (Å²) < 4.78 is 28.3. The van der Waals surface area contributed by atoms with Gasteiger partial charge in [-0.15, -0.1) is 0 Å². The van der Waals surface area contributed by atoms with Gasteiger partial charge in [-0.2, -0.15) is 0 Å². The Labute approximate surface area is 108 Å². The Morgan fingerprint density at radius 2 is 2.24 bits per heavy atom. The van der Waals surface area contributed by atoms with Gasteiger partial charge in [0.2, 0.25) is 0 Å². The maximum atomic E-state index is 12.0. The Hall–Kier alpha value is -0.820. The van der Waals surface area contributed by atoms with Gasteiger partial charge in [0.25, 0.3) is 5.91 Å². The molecular formula is C10H12BrNO4S. The molecule has 0 unspecified atom stereocenters. The number of halogens is 1. The lowest BCUT2D eigenvalue weighted by Crippen LogP contribution is -2.37. The summed E-state index contributed by atoms with van der Waals surface area (Å²) in [4.78, 5) is 13.4. The minimum absolute atomic E-state index is 0.0388. The highest BCUT2D eigenvalue weighted by Crippen LogP contribution is 2.20. The van der Waals surface area contributed by atoms with Crippen LogP contribution in [0.1, 0.15) is 17.0 Å². The van der Waals surface area contributed by atoms with Crippen LogP contribution in [0, 0.1) is 0 Å². The first kappa shape index (κ1) is 12.6. The Morgan fingerprint density at radius 1 is 1.53 bits per heavy atom. The molecule has 1 fully saturated rings. The quantitative estimate of drug-likeness (QED) is 0.823. The van der Waals surface area contributed by atoms with Crippen molar-refractivity contribution in [3.63, 3.8) is 0 Å². The summed E-state index contributed by atoms with van der Waals surface area (Å²) >= 11 is 3.12. The van der Waals surface area contributed by atoms with Crippen molar-refractivity contribution in [2.75, 3.05) is 18.6 Å². The number of furan rings is 1. The maximum Gasteiger partial charge on any atom is 0.289 e. The van der Waals surface area contributed by atoms with Crippen LogP contribution in [0.5, 0.6) is 0 Å². The van der Waals surface area contributed by atoms with E-state index in [4.69, 9.17) is 4.42 Å². The lowest BCUT2D eigenvalue weighted by atomic mass is 10.2. The molecule has 0 radical (unpaired) electrons. The lowest BCUT2D eigenvalue weighted by molar-refractivity contribution is 0.0714. The van der Waals surface area contributed by atoms with Gasteiger partial charge >= 0.3 is 0 Å².